The molecule has 0 aliphatic carbocycles. The van der Waals surface area contributed by atoms with Crippen molar-refractivity contribution in [2.24, 2.45) is 12.0 Å². The molecule has 1 aliphatic heterocycles. The highest BCUT2D eigenvalue weighted by Crippen LogP contribution is 2.22. The number of ether oxygens (including phenoxy) is 1. The van der Waals surface area contributed by atoms with Crippen molar-refractivity contribution in [3.63, 3.8) is 0 Å². The van der Waals surface area contributed by atoms with Crippen LogP contribution in [0.15, 0.2) is 47.7 Å². The van der Waals surface area contributed by atoms with Crippen molar-refractivity contribution in [3.05, 3.63) is 53.9 Å². The van der Waals surface area contributed by atoms with E-state index in [9.17, 15) is 0 Å². The summed E-state index contributed by atoms with van der Waals surface area (Å²) in [6, 6.07) is 10.8. The highest BCUT2D eigenvalue weighted by atomic mass is 127. The third-order valence-electron chi connectivity index (χ3n) is 5.02. The topological polar surface area (TPSA) is 57.9 Å². The zero-order valence-electron chi connectivity index (χ0n) is 17.8. The molecule has 1 fully saturated rings. The van der Waals surface area contributed by atoms with Gasteiger partial charge in [0.1, 0.15) is 6.10 Å². The van der Waals surface area contributed by atoms with E-state index in [1.165, 1.54) is 5.56 Å². The molecule has 1 aromatic heterocycles. The van der Waals surface area contributed by atoms with Gasteiger partial charge in [-0.2, -0.15) is 5.10 Å². The molecule has 1 aromatic carbocycles. The number of aliphatic imine (C=N–C) groups is 1. The molecule has 0 amide bonds. The largest absolute Gasteiger partial charge is 0.370 e. The van der Waals surface area contributed by atoms with Gasteiger partial charge in [0.05, 0.1) is 31.9 Å². The molecule has 2 aromatic rings. The molecule has 1 aliphatic rings. The van der Waals surface area contributed by atoms with Crippen molar-refractivity contribution in [1.82, 2.24) is 24.9 Å². The molecule has 7 nitrogen and oxygen atoms in total. The number of aryl methyl sites for hydroxylation is 1. The number of hydrogen-bond donors (Lipinski definition) is 1. The van der Waals surface area contributed by atoms with E-state index >= 15 is 0 Å². The molecule has 0 saturated carbocycles. The summed E-state index contributed by atoms with van der Waals surface area (Å²) in [5.74, 6) is 0.947. The average molecular weight is 512 g/mol. The first-order chi connectivity index (χ1) is 13.6. The summed E-state index contributed by atoms with van der Waals surface area (Å²) >= 11 is 0. The number of aromatic nitrogens is 2. The zero-order chi connectivity index (χ0) is 19.9. The van der Waals surface area contributed by atoms with E-state index in [-0.39, 0.29) is 36.1 Å². The Hall–Kier alpha value is -1.65. The van der Waals surface area contributed by atoms with Crippen LogP contribution in [0.1, 0.15) is 30.2 Å². The quantitative estimate of drug-likeness (QED) is 0.367. The van der Waals surface area contributed by atoms with Crippen LogP contribution < -0.4 is 5.32 Å². The van der Waals surface area contributed by atoms with Crippen molar-refractivity contribution in [3.8, 4) is 0 Å². The smallest absolute Gasteiger partial charge is 0.194 e. The van der Waals surface area contributed by atoms with Crippen molar-refractivity contribution in [1.29, 1.82) is 0 Å². The number of benzene rings is 1. The Kier molecular flexibility index (Phi) is 9.38. The van der Waals surface area contributed by atoms with E-state index in [1.54, 1.807) is 0 Å². The number of halogens is 1. The van der Waals surface area contributed by atoms with E-state index in [0.717, 1.165) is 31.2 Å². The highest BCUT2D eigenvalue weighted by Gasteiger charge is 2.25. The number of rotatable bonds is 6. The summed E-state index contributed by atoms with van der Waals surface area (Å²) in [5.41, 5.74) is 2.39. The number of hydrogen-bond acceptors (Lipinski definition) is 4. The Morgan fingerprint density at radius 3 is 2.72 bits per heavy atom. The molecule has 3 rings (SSSR count). The van der Waals surface area contributed by atoms with Crippen molar-refractivity contribution < 1.29 is 4.74 Å². The summed E-state index contributed by atoms with van der Waals surface area (Å²) in [7, 11) is 6.14. The summed E-state index contributed by atoms with van der Waals surface area (Å²) in [6.45, 7) is 5.94. The number of likely N-dealkylation sites (N-methyl/N-ethyl adjacent to an activating group) is 1. The normalized spacial score (nSPS) is 18.4. The lowest BCUT2D eigenvalue weighted by atomic mass is 10.1. The molecule has 0 bridgehead atoms. The van der Waals surface area contributed by atoms with Crippen molar-refractivity contribution in [2.45, 2.75) is 19.1 Å². The number of nitrogens with one attached hydrogen (secondary N) is 1. The predicted octanol–water partition coefficient (Wildman–Crippen LogP) is 2.68. The van der Waals surface area contributed by atoms with Gasteiger partial charge in [-0.25, -0.2) is 0 Å². The molecule has 2 unspecified atom stereocenters. The van der Waals surface area contributed by atoms with E-state index in [1.807, 2.05) is 24.1 Å². The molecular formula is C21H33IN6O. The van der Waals surface area contributed by atoms with Gasteiger partial charge in [0.2, 0.25) is 0 Å². The van der Waals surface area contributed by atoms with Crippen LogP contribution in [-0.4, -0.2) is 72.4 Å². The van der Waals surface area contributed by atoms with Gasteiger partial charge in [0, 0.05) is 31.9 Å². The van der Waals surface area contributed by atoms with E-state index in [2.05, 4.69) is 71.6 Å². The third-order valence-corrected chi connectivity index (χ3v) is 5.02. The molecule has 1 N–H and O–H groups in total. The lowest BCUT2D eigenvalue weighted by Crippen LogP contribution is -2.48. The van der Waals surface area contributed by atoms with Crippen LogP contribution in [0.5, 0.6) is 0 Å². The SMILES string of the molecule is CCNC(=NCC(c1ccccc1)N(C)C)N1CCOC(c2cnn(C)c2)C1.I. The van der Waals surface area contributed by atoms with Crippen LogP contribution in [0.4, 0.5) is 0 Å². The van der Waals surface area contributed by atoms with E-state index in [4.69, 9.17) is 9.73 Å². The molecule has 2 heterocycles. The minimum atomic E-state index is 0. The Labute approximate surface area is 191 Å². The number of morpholine rings is 1. The van der Waals surface area contributed by atoms with Crippen molar-refractivity contribution >= 4 is 29.9 Å². The van der Waals surface area contributed by atoms with Gasteiger partial charge in [0.15, 0.2) is 5.96 Å². The van der Waals surface area contributed by atoms with Gasteiger partial charge in [-0.15, -0.1) is 24.0 Å². The minimum Gasteiger partial charge on any atom is -0.370 e. The third kappa shape index (κ3) is 6.42. The second-order valence-corrected chi connectivity index (χ2v) is 7.34. The van der Waals surface area contributed by atoms with Gasteiger partial charge in [0.25, 0.3) is 0 Å². The lowest BCUT2D eigenvalue weighted by Gasteiger charge is -2.35. The molecule has 160 valence electrons. The lowest BCUT2D eigenvalue weighted by molar-refractivity contribution is -0.00807. The maximum atomic E-state index is 5.98. The number of guanidine groups is 1. The fourth-order valence-electron chi connectivity index (χ4n) is 3.49. The van der Waals surface area contributed by atoms with Crippen molar-refractivity contribution in [2.75, 3.05) is 46.9 Å². The standard InChI is InChI=1S/C21H32N6O.HI/c1-5-22-21(23-14-19(25(2)3)17-9-7-6-8-10-17)27-11-12-28-20(16-27)18-13-24-26(4)15-18;/h6-10,13,15,19-20H,5,11-12,14,16H2,1-4H3,(H,22,23);1H. The minimum absolute atomic E-state index is 0. The first kappa shape index (κ1) is 23.6. The average Bonchev–Trinajstić information content (AvgIpc) is 3.14. The Morgan fingerprint density at radius 2 is 2.10 bits per heavy atom. The Morgan fingerprint density at radius 1 is 1.34 bits per heavy atom. The highest BCUT2D eigenvalue weighted by molar-refractivity contribution is 14.0. The zero-order valence-corrected chi connectivity index (χ0v) is 20.1. The monoisotopic (exact) mass is 512 g/mol. The van der Waals surface area contributed by atoms with Crippen LogP contribution >= 0.6 is 24.0 Å². The molecule has 2 atom stereocenters. The van der Waals surface area contributed by atoms with Crippen LogP contribution in [0, 0.1) is 0 Å². The van der Waals surface area contributed by atoms with Crippen LogP contribution in [0.25, 0.3) is 0 Å². The van der Waals surface area contributed by atoms with Gasteiger partial charge in [-0.05, 0) is 26.6 Å². The van der Waals surface area contributed by atoms with Gasteiger partial charge in [-0.3, -0.25) is 9.67 Å². The van der Waals surface area contributed by atoms with Gasteiger partial charge >= 0.3 is 0 Å². The fraction of sp³-hybridized carbons (Fsp3) is 0.524. The van der Waals surface area contributed by atoms with Crippen LogP contribution in [-0.2, 0) is 11.8 Å². The summed E-state index contributed by atoms with van der Waals surface area (Å²) in [6.07, 6.45) is 3.93. The molecule has 8 heteroatoms. The molecular weight excluding hydrogens is 479 g/mol. The molecule has 0 spiro atoms. The second-order valence-electron chi connectivity index (χ2n) is 7.34. The second kappa shape index (κ2) is 11.5. The first-order valence-corrected chi connectivity index (χ1v) is 9.93. The fourth-order valence-corrected chi connectivity index (χ4v) is 3.49. The Balaban J connectivity index is 0.00000300. The number of nitrogens with zero attached hydrogens (tertiary/aromatic N) is 5. The predicted molar refractivity (Wildman–Crippen MR) is 128 cm³/mol. The van der Waals surface area contributed by atoms with Gasteiger partial charge < -0.3 is 19.9 Å². The van der Waals surface area contributed by atoms with E-state index < -0.39 is 0 Å². The summed E-state index contributed by atoms with van der Waals surface area (Å²) in [4.78, 5) is 9.50. The summed E-state index contributed by atoms with van der Waals surface area (Å²) < 4.78 is 7.80. The van der Waals surface area contributed by atoms with Gasteiger partial charge in [-0.1, -0.05) is 30.3 Å². The Bertz CT molecular complexity index is 764. The van der Waals surface area contributed by atoms with E-state index in [0.29, 0.717) is 13.2 Å². The molecule has 1 saturated heterocycles. The maximum absolute atomic E-state index is 5.98. The van der Waals surface area contributed by atoms with Crippen LogP contribution in [0.2, 0.25) is 0 Å². The molecule has 29 heavy (non-hydrogen) atoms. The maximum Gasteiger partial charge on any atom is 0.194 e. The first-order valence-electron chi connectivity index (χ1n) is 9.93. The molecule has 0 radical (unpaired) electrons. The van der Waals surface area contributed by atoms with Crippen LogP contribution in [0.3, 0.4) is 0 Å². The summed E-state index contributed by atoms with van der Waals surface area (Å²) in [5, 5.41) is 7.73.